The molecular weight excluding hydrogens is 213 g/mol. The fourth-order valence-corrected chi connectivity index (χ4v) is 1.06. The minimum Gasteiger partial charge on any atom is -0.459 e. The number of nitrogens with two attached hydrogens (primary N) is 1. The number of aliphatic hydroxyl groups excluding tert-OH is 1. The van der Waals surface area contributed by atoms with E-state index in [9.17, 15) is 9.18 Å². The van der Waals surface area contributed by atoms with Gasteiger partial charge in [-0.1, -0.05) is 18.2 Å². The van der Waals surface area contributed by atoms with Crippen molar-refractivity contribution in [2.45, 2.75) is 25.7 Å². The van der Waals surface area contributed by atoms with Crippen molar-refractivity contribution in [1.82, 2.24) is 0 Å². The molecule has 4 nitrogen and oxygen atoms in total. The van der Waals surface area contributed by atoms with E-state index in [4.69, 9.17) is 15.6 Å². The van der Waals surface area contributed by atoms with E-state index in [1.54, 1.807) is 12.1 Å². The van der Waals surface area contributed by atoms with Crippen LogP contribution in [0.4, 0.5) is 4.39 Å². The molecule has 16 heavy (non-hydrogen) atoms. The quantitative estimate of drug-likeness (QED) is 0.738. The van der Waals surface area contributed by atoms with Crippen molar-refractivity contribution in [2.24, 2.45) is 5.73 Å². The Morgan fingerprint density at radius 2 is 2.19 bits per heavy atom. The number of benzene rings is 1. The van der Waals surface area contributed by atoms with Crippen LogP contribution in [-0.4, -0.2) is 23.2 Å². The number of carbonyl (C=O) groups excluding carboxylic acids is 1. The zero-order valence-electron chi connectivity index (χ0n) is 8.89. The molecule has 0 heterocycles. The Kier molecular flexibility index (Phi) is 4.39. The summed E-state index contributed by atoms with van der Waals surface area (Å²) in [5, 5.41) is 9.04. The van der Waals surface area contributed by atoms with Crippen LogP contribution in [0.15, 0.2) is 24.3 Å². The minimum atomic E-state index is -1.10. The van der Waals surface area contributed by atoms with Gasteiger partial charge in [0, 0.05) is 5.56 Å². The van der Waals surface area contributed by atoms with E-state index in [0.717, 1.165) is 0 Å². The number of ether oxygens (including phenoxy) is 1. The van der Waals surface area contributed by atoms with Crippen molar-refractivity contribution in [3.63, 3.8) is 0 Å². The molecule has 0 aliphatic rings. The van der Waals surface area contributed by atoms with Gasteiger partial charge in [0.25, 0.3) is 0 Å². The Morgan fingerprint density at radius 3 is 2.75 bits per heavy atom. The van der Waals surface area contributed by atoms with Gasteiger partial charge in [0.15, 0.2) is 0 Å². The summed E-state index contributed by atoms with van der Waals surface area (Å²) < 4.78 is 17.9. The molecule has 0 aliphatic carbocycles. The lowest BCUT2D eigenvalue weighted by Gasteiger charge is -2.13. The van der Waals surface area contributed by atoms with Crippen molar-refractivity contribution in [3.05, 3.63) is 35.6 Å². The standard InChI is InChI=1S/C11H14FNO3/c1-7(14)10(13)11(15)16-6-8-4-2-3-5-9(8)12/h2-5,7,10,14H,6,13H2,1H3. The van der Waals surface area contributed by atoms with E-state index >= 15 is 0 Å². The third kappa shape index (κ3) is 3.29. The highest BCUT2D eigenvalue weighted by Gasteiger charge is 2.20. The summed E-state index contributed by atoms with van der Waals surface area (Å²) in [7, 11) is 0. The molecule has 1 aromatic carbocycles. The Labute approximate surface area is 92.8 Å². The van der Waals surface area contributed by atoms with Gasteiger partial charge >= 0.3 is 5.97 Å². The van der Waals surface area contributed by atoms with Crippen LogP contribution in [0, 0.1) is 5.82 Å². The Balaban J connectivity index is 2.52. The minimum absolute atomic E-state index is 0.189. The van der Waals surface area contributed by atoms with Crippen LogP contribution in [0.25, 0.3) is 0 Å². The summed E-state index contributed by atoms with van der Waals surface area (Å²) in [6, 6.07) is 4.86. The van der Waals surface area contributed by atoms with E-state index < -0.39 is 23.9 Å². The molecule has 3 N–H and O–H groups in total. The molecule has 0 aliphatic heterocycles. The largest absolute Gasteiger partial charge is 0.459 e. The van der Waals surface area contributed by atoms with Crippen LogP contribution in [0.5, 0.6) is 0 Å². The summed E-state index contributed by atoms with van der Waals surface area (Å²) in [5.74, 6) is -1.20. The normalized spacial score (nSPS) is 14.2. The second-order valence-corrected chi connectivity index (χ2v) is 3.47. The number of rotatable bonds is 4. The average molecular weight is 227 g/mol. The topological polar surface area (TPSA) is 72.5 Å². The third-order valence-corrected chi connectivity index (χ3v) is 2.12. The zero-order valence-corrected chi connectivity index (χ0v) is 8.89. The molecule has 0 aromatic heterocycles. The number of halogens is 1. The van der Waals surface area contributed by atoms with Gasteiger partial charge in [-0.15, -0.1) is 0 Å². The van der Waals surface area contributed by atoms with E-state index in [-0.39, 0.29) is 12.2 Å². The molecule has 5 heteroatoms. The predicted molar refractivity (Wildman–Crippen MR) is 55.9 cm³/mol. The summed E-state index contributed by atoms with van der Waals surface area (Å²) >= 11 is 0. The average Bonchev–Trinajstić information content (AvgIpc) is 2.26. The molecule has 0 spiro atoms. The second kappa shape index (κ2) is 5.58. The van der Waals surface area contributed by atoms with Crippen molar-refractivity contribution >= 4 is 5.97 Å². The molecule has 0 saturated carbocycles. The van der Waals surface area contributed by atoms with E-state index in [0.29, 0.717) is 0 Å². The van der Waals surface area contributed by atoms with Gasteiger partial charge in [-0.2, -0.15) is 0 Å². The van der Waals surface area contributed by atoms with Gasteiger partial charge in [-0.25, -0.2) is 4.39 Å². The highest BCUT2D eigenvalue weighted by Crippen LogP contribution is 2.08. The Hall–Kier alpha value is -1.46. The SMILES string of the molecule is CC(O)C(N)C(=O)OCc1ccccc1F. The first kappa shape index (κ1) is 12.6. The maximum absolute atomic E-state index is 13.1. The molecule has 2 atom stereocenters. The summed E-state index contributed by atoms with van der Waals surface area (Å²) in [6.45, 7) is 1.20. The van der Waals surface area contributed by atoms with Gasteiger partial charge < -0.3 is 15.6 Å². The summed E-state index contributed by atoms with van der Waals surface area (Å²) in [5.41, 5.74) is 5.62. The molecule has 1 rings (SSSR count). The zero-order chi connectivity index (χ0) is 12.1. The van der Waals surface area contributed by atoms with Crippen LogP contribution < -0.4 is 5.73 Å². The smallest absolute Gasteiger partial charge is 0.325 e. The van der Waals surface area contributed by atoms with Crippen molar-refractivity contribution < 1.29 is 19.0 Å². The van der Waals surface area contributed by atoms with Gasteiger partial charge in [0.05, 0.1) is 6.10 Å². The summed E-state index contributed by atoms with van der Waals surface area (Å²) in [4.78, 5) is 11.2. The van der Waals surface area contributed by atoms with E-state index in [1.165, 1.54) is 19.1 Å². The molecule has 0 fully saturated rings. The Bertz CT molecular complexity index is 368. The monoisotopic (exact) mass is 227 g/mol. The maximum Gasteiger partial charge on any atom is 0.325 e. The van der Waals surface area contributed by atoms with Crippen molar-refractivity contribution in [3.8, 4) is 0 Å². The highest BCUT2D eigenvalue weighted by molar-refractivity contribution is 5.76. The predicted octanol–water partition coefficient (Wildman–Crippen LogP) is 0.577. The van der Waals surface area contributed by atoms with E-state index in [1.807, 2.05) is 0 Å². The first-order chi connectivity index (χ1) is 7.52. The first-order valence-corrected chi connectivity index (χ1v) is 4.86. The van der Waals surface area contributed by atoms with Crippen LogP contribution in [0.3, 0.4) is 0 Å². The lowest BCUT2D eigenvalue weighted by Crippen LogP contribution is -2.41. The van der Waals surface area contributed by atoms with Crippen LogP contribution in [0.2, 0.25) is 0 Å². The molecule has 0 bridgehead atoms. The lowest BCUT2D eigenvalue weighted by atomic mass is 10.2. The fraction of sp³-hybridized carbons (Fsp3) is 0.364. The molecule has 88 valence electrons. The summed E-state index contributed by atoms with van der Waals surface area (Å²) in [6.07, 6.45) is -0.992. The molecular formula is C11H14FNO3. The van der Waals surface area contributed by atoms with Gasteiger partial charge in [0.2, 0.25) is 0 Å². The number of hydrogen-bond acceptors (Lipinski definition) is 4. The van der Waals surface area contributed by atoms with Crippen LogP contribution in [0.1, 0.15) is 12.5 Å². The molecule has 2 unspecified atom stereocenters. The van der Waals surface area contributed by atoms with Crippen LogP contribution >= 0.6 is 0 Å². The molecule has 0 saturated heterocycles. The van der Waals surface area contributed by atoms with Crippen molar-refractivity contribution in [2.75, 3.05) is 0 Å². The van der Waals surface area contributed by atoms with Gasteiger partial charge in [-0.05, 0) is 13.0 Å². The number of hydrogen-bond donors (Lipinski definition) is 2. The molecule has 1 aromatic rings. The molecule has 0 amide bonds. The molecule has 0 radical (unpaired) electrons. The van der Waals surface area contributed by atoms with Crippen molar-refractivity contribution in [1.29, 1.82) is 0 Å². The highest BCUT2D eigenvalue weighted by atomic mass is 19.1. The number of aliphatic hydroxyl groups is 1. The maximum atomic E-state index is 13.1. The van der Waals surface area contributed by atoms with Gasteiger partial charge in [0.1, 0.15) is 18.5 Å². The number of carbonyl (C=O) groups is 1. The lowest BCUT2D eigenvalue weighted by molar-refractivity contribution is -0.149. The van der Waals surface area contributed by atoms with E-state index in [2.05, 4.69) is 0 Å². The fourth-order valence-electron chi connectivity index (χ4n) is 1.06. The van der Waals surface area contributed by atoms with Gasteiger partial charge in [-0.3, -0.25) is 4.79 Å². The second-order valence-electron chi connectivity index (χ2n) is 3.47. The van der Waals surface area contributed by atoms with Crippen LogP contribution in [-0.2, 0) is 16.1 Å². The third-order valence-electron chi connectivity index (χ3n) is 2.12. The number of esters is 1. The first-order valence-electron chi connectivity index (χ1n) is 4.86. The Morgan fingerprint density at radius 1 is 1.56 bits per heavy atom.